The maximum absolute atomic E-state index is 13.2. The molecule has 0 bridgehead atoms. The van der Waals surface area contributed by atoms with Crippen molar-refractivity contribution < 1.29 is 14.6 Å². The number of nitrogens with zero attached hydrogens (tertiary/aromatic N) is 3. The highest BCUT2D eigenvalue weighted by Gasteiger charge is 2.38. The van der Waals surface area contributed by atoms with E-state index in [1.807, 2.05) is 6.92 Å². The number of likely N-dealkylation sites (tertiary alicyclic amines) is 1. The monoisotopic (exact) mass is 405 g/mol. The van der Waals surface area contributed by atoms with E-state index < -0.39 is 5.60 Å². The van der Waals surface area contributed by atoms with E-state index in [0.717, 1.165) is 18.5 Å². The van der Waals surface area contributed by atoms with Crippen molar-refractivity contribution in [2.45, 2.75) is 51.2 Å². The number of hydrogen-bond donors (Lipinski definition) is 1. The smallest absolute Gasteiger partial charge is 0.257 e. The van der Waals surface area contributed by atoms with Crippen LogP contribution in [0, 0.1) is 0 Å². The van der Waals surface area contributed by atoms with Crippen LogP contribution < -0.4 is 10.3 Å². The van der Waals surface area contributed by atoms with Crippen molar-refractivity contribution in [2.75, 3.05) is 13.1 Å². The SMILES string of the molecule is CC(=O)N1CCC(O)(c2cc3c(Cl)nc4c(c3n(C)c2=O)O[C@@H](C)CC4)CC1. The fourth-order valence-corrected chi connectivity index (χ4v) is 4.47. The van der Waals surface area contributed by atoms with E-state index in [1.165, 1.54) is 11.5 Å². The van der Waals surface area contributed by atoms with E-state index in [2.05, 4.69) is 4.98 Å². The van der Waals surface area contributed by atoms with Crippen LogP contribution >= 0.6 is 11.6 Å². The van der Waals surface area contributed by atoms with Gasteiger partial charge in [0, 0.05) is 38.0 Å². The third-order valence-electron chi connectivity index (χ3n) is 5.99. The molecule has 2 aliphatic rings. The van der Waals surface area contributed by atoms with Gasteiger partial charge < -0.3 is 19.3 Å². The van der Waals surface area contributed by atoms with Gasteiger partial charge in [0.15, 0.2) is 5.75 Å². The second-order valence-electron chi connectivity index (χ2n) is 7.87. The Morgan fingerprint density at radius 3 is 2.71 bits per heavy atom. The number of rotatable bonds is 1. The number of fused-ring (bicyclic) bond motifs is 3. The van der Waals surface area contributed by atoms with Gasteiger partial charge in [-0.05, 0) is 38.7 Å². The van der Waals surface area contributed by atoms with Gasteiger partial charge in [0.2, 0.25) is 5.91 Å². The third-order valence-corrected chi connectivity index (χ3v) is 6.28. The van der Waals surface area contributed by atoms with Crippen molar-refractivity contribution in [3.63, 3.8) is 0 Å². The summed E-state index contributed by atoms with van der Waals surface area (Å²) in [6.45, 7) is 4.31. The Hall–Kier alpha value is -2.12. The van der Waals surface area contributed by atoms with Crippen molar-refractivity contribution in [1.82, 2.24) is 14.5 Å². The van der Waals surface area contributed by atoms with E-state index in [-0.39, 0.29) is 17.6 Å². The van der Waals surface area contributed by atoms with E-state index in [0.29, 0.717) is 53.3 Å². The number of ether oxygens (including phenoxy) is 1. The van der Waals surface area contributed by atoms with Gasteiger partial charge in [-0.1, -0.05) is 11.6 Å². The van der Waals surface area contributed by atoms with Crippen molar-refractivity contribution >= 4 is 28.4 Å². The van der Waals surface area contributed by atoms with Crippen LogP contribution in [0.3, 0.4) is 0 Å². The second-order valence-corrected chi connectivity index (χ2v) is 8.23. The highest BCUT2D eigenvalue weighted by molar-refractivity contribution is 6.34. The lowest BCUT2D eigenvalue weighted by Crippen LogP contribution is -2.47. The fourth-order valence-electron chi connectivity index (χ4n) is 4.22. The summed E-state index contributed by atoms with van der Waals surface area (Å²) in [4.78, 5) is 30.9. The summed E-state index contributed by atoms with van der Waals surface area (Å²) in [6, 6.07) is 1.65. The van der Waals surface area contributed by atoms with Crippen molar-refractivity contribution in [1.29, 1.82) is 0 Å². The number of pyridine rings is 2. The molecule has 1 N–H and O–H groups in total. The largest absolute Gasteiger partial charge is 0.487 e. The summed E-state index contributed by atoms with van der Waals surface area (Å²) in [5.41, 5.74) is 0.0743. The molecule has 2 aromatic heterocycles. The van der Waals surface area contributed by atoms with E-state index >= 15 is 0 Å². The van der Waals surface area contributed by atoms with Crippen LogP contribution in [0.25, 0.3) is 10.9 Å². The third kappa shape index (κ3) is 2.97. The van der Waals surface area contributed by atoms with Crippen molar-refractivity contribution in [3.8, 4) is 5.75 Å². The molecular weight excluding hydrogens is 382 g/mol. The van der Waals surface area contributed by atoms with E-state index in [1.54, 1.807) is 18.0 Å². The fraction of sp³-hybridized carbons (Fsp3) is 0.550. The van der Waals surface area contributed by atoms with Gasteiger partial charge in [0.05, 0.1) is 22.9 Å². The maximum atomic E-state index is 13.2. The summed E-state index contributed by atoms with van der Waals surface area (Å²) >= 11 is 6.46. The van der Waals surface area contributed by atoms with Crippen LogP contribution in [0.5, 0.6) is 5.75 Å². The molecule has 1 atom stereocenters. The van der Waals surface area contributed by atoms with Crippen molar-refractivity contribution in [2.24, 2.45) is 7.05 Å². The lowest BCUT2D eigenvalue weighted by molar-refractivity contribution is -0.133. The van der Waals surface area contributed by atoms with Crippen LogP contribution in [0.15, 0.2) is 10.9 Å². The van der Waals surface area contributed by atoms with Crippen LogP contribution in [0.1, 0.15) is 44.4 Å². The molecule has 0 aromatic carbocycles. The van der Waals surface area contributed by atoms with Crippen molar-refractivity contribution in [3.05, 3.63) is 32.8 Å². The number of aryl methyl sites for hydroxylation is 2. The zero-order chi connectivity index (χ0) is 20.2. The van der Waals surface area contributed by atoms with Crippen LogP contribution in [-0.2, 0) is 23.9 Å². The number of piperidine rings is 1. The number of amides is 1. The van der Waals surface area contributed by atoms with Gasteiger partial charge in [-0.3, -0.25) is 9.59 Å². The number of aromatic nitrogens is 2. The molecule has 0 unspecified atom stereocenters. The van der Waals surface area contributed by atoms with Gasteiger partial charge in [0.25, 0.3) is 5.56 Å². The standard InChI is InChI=1S/C20H24ClN3O4/c1-11-4-5-15-17(28-11)16-13(18(21)22-15)10-14(19(26)23(16)3)20(27)6-8-24(9-7-20)12(2)25/h10-11,27H,4-9H2,1-3H3/t11-/m0/s1. The average molecular weight is 406 g/mol. The van der Waals surface area contributed by atoms with Gasteiger partial charge in [-0.15, -0.1) is 0 Å². The normalized spacial score (nSPS) is 21.3. The molecule has 4 rings (SSSR count). The Kier molecular flexibility index (Phi) is 4.62. The first kappa shape index (κ1) is 19.2. The molecule has 1 amide bonds. The molecule has 28 heavy (non-hydrogen) atoms. The number of carbonyl (C=O) groups is 1. The minimum Gasteiger partial charge on any atom is -0.487 e. The number of hydrogen-bond acceptors (Lipinski definition) is 5. The summed E-state index contributed by atoms with van der Waals surface area (Å²) in [6.07, 6.45) is 2.23. The predicted octanol–water partition coefficient (Wildman–Crippen LogP) is 2.13. The highest BCUT2D eigenvalue weighted by atomic mass is 35.5. The molecule has 7 nitrogen and oxygen atoms in total. The number of carbonyl (C=O) groups excluding carboxylic acids is 1. The number of halogens is 1. The molecule has 0 aliphatic carbocycles. The minimum atomic E-state index is -1.30. The Morgan fingerprint density at radius 1 is 1.39 bits per heavy atom. The first-order chi connectivity index (χ1) is 13.2. The molecule has 0 saturated carbocycles. The molecule has 0 spiro atoms. The zero-order valence-corrected chi connectivity index (χ0v) is 17.0. The Morgan fingerprint density at radius 2 is 2.07 bits per heavy atom. The summed E-state index contributed by atoms with van der Waals surface area (Å²) in [5, 5.41) is 12.1. The lowest BCUT2D eigenvalue weighted by Gasteiger charge is -2.38. The second kappa shape index (κ2) is 6.74. The van der Waals surface area contributed by atoms with Gasteiger partial charge in [0.1, 0.15) is 5.15 Å². The molecule has 1 saturated heterocycles. The molecule has 8 heteroatoms. The van der Waals surface area contributed by atoms with E-state index in [4.69, 9.17) is 16.3 Å². The summed E-state index contributed by atoms with van der Waals surface area (Å²) in [5.74, 6) is 0.571. The molecule has 2 aliphatic heterocycles. The molecule has 4 heterocycles. The molecule has 150 valence electrons. The first-order valence-corrected chi connectivity index (χ1v) is 9.96. The average Bonchev–Trinajstić information content (AvgIpc) is 2.65. The van der Waals surface area contributed by atoms with Crippen LogP contribution in [-0.4, -0.2) is 44.7 Å². The predicted molar refractivity (Wildman–Crippen MR) is 106 cm³/mol. The van der Waals surface area contributed by atoms with Crippen LogP contribution in [0.4, 0.5) is 0 Å². The first-order valence-electron chi connectivity index (χ1n) is 9.58. The minimum absolute atomic E-state index is 0.0291. The van der Waals surface area contributed by atoms with Gasteiger partial charge >= 0.3 is 0 Å². The highest BCUT2D eigenvalue weighted by Crippen LogP contribution is 2.39. The van der Waals surface area contributed by atoms with Gasteiger partial charge in [-0.25, -0.2) is 4.98 Å². The Balaban J connectivity index is 1.86. The topological polar surface area (TPSA) is 84.7 Å². The van der Waals surface area contributed by atoms with Gasteiger partial charge in [-0.2, -0.15) is 0 Å². The maximum Gasteiger partial charge on any atom is 0.257 e. The Labute approximate surface area is 167 Å². The molecule has 0 radical (unpaired) electrons. The molecule has 1 fully saturated rings. The Bertz CT molecular complexity index is 1020. The lowest BCUT2D eigenvalue weighted by atomic mass is 9.84. The summed E-state index contributed by atoms with van der Waals surface area (Å²) in [7, 11) is 1.67. The number of aliphatic hydroxyl groups is 1. The summed E-state index contributed by atoms with van der Waals surface area (Å²) < 4.78 is 7.50. The zero-order valence-electron chi connectivity index (χ0n) is 16.3. The quantitative estimate of drug-likeness (QED) is 0.735. The molecule has 2 aromatic rings. The van der Waals surface area contributed by atoms with Crippen LogP contribution in [0.2, 0.25) is 5.15 Å². The molecular formula is C20H24ClN3O4. The van der Waals surface area contributed by atoms with E-state index in [9.17, 15) is 14.7 Å².